The second kappa shape index (κ2) is 8.20. The van der Waals surface area contributed by atoms with Crippen LogP contribution in [-0.4, -0.2) is 45.2 Å². The van der Waals surface area contributed by atoms with Gasteiger partial charge in [-0.1, -0.05) is 12.1 Å². The van der Waals surface area contributed by atoms with Gasteiger partial charge in [-0.05, 0) is 44.0 Å². The number of aromatic nitrogens is 3. The molecule has 1 fully saturated rings. The Morgan fingerprint density at radius 1 is 1.36 bits per heavy atom. The van der Waals surface area contributed by atoms with E-state index in [9.17, 15) is 9.18 Å². The monoisotopic (exact) mass is 345 g/mol. The third-order valence-corrected chi connectivity index (χ3v) is 4.63. The molecule has 134 valence electrons. The molecule has 25 heavy (non-hydrogen) atoms. The first-order valence-corrected chi connectivity index (χ1v) is 8.77. The summed E-state index contributed by atoms with van der Waals surface area (Å²) in [6.45, 7) is 5.47. The highest BCUT2D eigenvalue weighted by Gasteiger charge is 2.26. The van der Waals surface area contributed by atoms with E-state index in [2.05, 4.69) is 31.9 Å². The number of nitrogens with one attached hydrogen (secondary N) is 1. The van der Waals surface area contributed by atoms with Crippen molar-refractivity contribution in [3.05, 3.63) is 47.8 Å². The lowest BCUT2D eigenvalue weighted by Crippen LogP contribution is -2.42. The van der Waals surface area contributed by atoms with Gasteiger partial charge in [0.25, 0.3) is 0 Å². The van der Waals surface area contributed by atoms with Gasteiger partial charge in [-0.2, -0.15) is 0 Å². The number of amides is 1. The Hall–Kier alpha value is -2.28. The van der Waals surface area contributed by atoms with Crippen molar-refractivity contribution in [2.45, 2.75) is 38.8 Å². The van der Waals surface area contributed by atoms with Crippen molar-refractivity contribution in [1.29, 1.82) is 0 Å². The highest BCUT2D eigenvalue weighted by atomic mass is 19.1. The Morgan fingerprint density at radius 3 is 2.92 bits per heavy atom. The average Bonchev–Trinajstić information content (AvgIpc) is 3.10. The summed E-state index contributed by atoms with van der Waals surface area (Å²) in [5, 5.41) is 11.2. The van der Waals surface area contributed by atoms with Crippen LogP contribution in [0.15, 0.2) is 30.6 Å². The maximum absolute atomic E-state index is 12.9. The zero-order valence-electron chi connectivity index (χ0n) is 14.5. The van der Waals surface area contributed by atoms with Crippen molar-refractivity contribution in [3.63, 3.8) is 0 Å². The molecule has 1 atom stereocenters. The highest BCUT2D eigenvalue weighted by Crippen LogP contribution is 2.25. The summed E-state index contributed by atoms with van der Waals surface area (Å²) in [5.41, 5.74) is 0.891. The van der Waals surface area contributed by atoms with Crippen molar-refractivity contribution >= 4 is 5.91 Å². The van der Waals surface area contributed by atoms with Gasteiger partial charge in [0.2, 0.25) is 5.91 Å². The van der Waals surface area contributed by atoms with Crippen LogP contribution in [0.5, 0.6) is 0 Å². The van der Waals surface area contributed by atoms with Gasteiger partial charge in [0.15, 0.2) is 0 Å². The molecule has 6 nitrogen and oxygen atoms in total. The molecule has 3 rings (SSSR count). The molecule has 1 saturated heterocycles. The first-order valence-electron chi connectivity index (χ1n) is 8.77. The molecule has 1 aromatic heterocycles. The Labute approximate surface area is 147 Å². The van der Waals surface area contributed by atoms with Crippen LogP contribution in [-0.2, 0) is 17.9 Å². The number of hydrogen-bond donors (Lipinski definition) is 1. The Bertz CT molecular complexity index is 700. The van der Waals surface area contributed by atoms with Gasteiger partial charge in [-0.15, -0.1) is 10.2 Å². The fourth-order valence-corrected chi connectivity index (χ4v) is 3.30. The second-order valence-electron chi connectivity index (χ2n) is 6.45. The van der Waals surface area contributed by atoms with Crippen molar-refractivity contribution in [2.75, 3.05) is 19.6 Å². The number of halogens is 1. The Balaban J connectivity index is 1.50. The number of benzene rings is 1. The number of likely N-dealkylation sites (tertiary alicyclic amines) is 1. The summed E-state index contributed by atoms with van der Waals surface area (Å²) in [7, 11) is 0. The van der Waals surface area contributed by atoms with Gasteiger partial charge in [-0.3, -0.25) is 9.69 Å². The maximum Gasteiger partial charge on any atom is 0.234 e. The molecule has 0 bridgehead atoms. The van der Waals surface area contributed by atoms with Gasteiger partial charge in [0, 0.05) is 25.6 Å². The fourth-order valence-electron chi connectivity index (χ4n) is 3.30. The molecule has 2 heterocycles. The minimum atomic E-state index is -0.269. The molecule has 1 N–H and O–H groups in total. The van der Waals surface area contributed by atoms with Gasteiger partial charge in [0.05, 0.1) is 6.54 Å². The van der Waals surface area contributed by atoms with E-state index in [-0.39, 0.29) is 11.7 Å². The number of carbonyl (C=O) groups is 1. The van der Waals surface area contributed by atoms with Crippen molar-refractivity contribution in [3.8, 4) is 0 Å². The summed E-state index contributed by atoms with van der Waals surface area (Å²) in [5.74, 6) is 1.05. The summed E-state index contributed by atoms with van der Waals surface area (Å²) in [6.07, 6.45) is 3.89. The third-order valence-electron chi connectivity index (χ3n) is 4.63. The summed E-state index contributed by atoms with van der Waals surface area (Å²) in [6, 6.07) is 6.18. The molecule has 1 aromatic carbocycles. The van der Waals surface area contributed by atoms with Crippen LogP contribution >= 0.6 is 0 Å². The SMILES string of the molecule is CCn1cnnc1C1CCCN(CC(=O)NCc2ccc(F)cc2)C1. The smallest absolute Gasteiger partial charge is 0.234 e. The van der Waals surface area contributed by atoms with E-state index < -0.39 is 0 Å². The minimum Gasteiger partial charge on any atom is -0.351 e. The lowest BCUT2D eigenvalue weighted by atomic mass is 9.97. The molecule has 1 amide bonds. The van der Waals surface area contributed by atoms with E-state index >= 15 is 0 Å². The van der Waals surface area contributed by atoms with Crippen LogP contribution in [0.3, 0.4) is 0 Å². The van der Waals surface area contributed by atoms with E-state index in [1.165, 1.54) is 12.1 Å². The summed E-state index contributed by atoms with van der Waals surface area (Å²) >= 11 is 0. The molecule has 0 aliphatic carbocycles. The average molecular weight is 345 g/mol. The van der Waals surface area contributed by atoms with Gasteiger partial charge in [-0.25, -0.2) is 4.39 Å². The second-order valence-corrected chi connectivity index (χ2v) is 6.45. The molecule has 1 aliphatic heterocycles. The number of rotatable bonds is 6. The third kappa shape index (κ3) is 4.63. The first-order chi connectivity index (χ1) is 12.2. The van der Waals surface area contributed by atoms with Gasteiger partial charge >= 0.3 is 0 Å². The molecule has 0 spiro atoms. The Morgan fingerprint density at radius 2 is 2.16 bits per heavy atom. The number of hydrogen-bond acceptors (Lipinski definition) is 4. The quantitative estimate of drug-likeness (QED) is 0.869. The molecule has 0 saturated carbocycles. The van der Waals surface area contributed by atoms with Gasteiger partial charge < -0.3 is 9.88 Å². The van der Waals surface area contributed by atoms with Crippen LogP contribution in [0, 0.1) is 5.82 Å². The Kier molecular flexibility index (Phi) is 5.75. The standard InChI is InChI=1S/C18H24FN5O/c1-2-24-13-21-22-18(24)15-4-3-9-23(11-15)12-17(25)20-10-14-5-7-16(19)8-6-14/h5-8,13,15H,2-4,9-12H2,1H3,(H,20,25). The molecule has 2 aromatic rings. The normalized spacial score (nSPS) is 18.2. The summed E-state index contributed by atoms with van der Waals surface area (Å²) < 4.78 is 15.0. The van der Waals surface area contributed by atoms with E-state index in [0.717, 1.165) is 43.9 Å². The van der Waals surface area contributed by atoms with Crippen molar-refractivity contribution in [1.82, 2.24) is 25.0 Å². The predicted octanol–water partition coefficient (Wildman–Crippen LogP) is 1.93. The predicted molar refractivity (Wildman–Crippen MR) is 92.4 cm³/mol. The van der Waals surface area contributed by atoms with Gasteiger partial charge in [0.1, 0.15) is 18.0 Å². The van der Waals surface area contributed by atoms with Crippen LogP contribution in [0.2, 0.25) is 0 Å². The maximum atomic E-state index is 12.9. The number of carbonyl (C=O) groups excluding carboxylic acids is 1. The van der Waals surface area contributed by atoms with Crippen LogP contribution in [0.4, 0.5) is 4.39 Å². The van der Waals surface area contributed by atoms with Crippen molar-refractivity contribution in [2.24, 2.45) is 0 Å². The van der Waals surface area contributed by atoms with E-state index in [4.69, 9.17) is 0 Å². The van der Waals surface area contributed by atoms with E-state index in [1.54, 1.807) is 18.5 Å². The van der Waals surface area contributed by atoms with E-state index in [1.807, 2.05) is 0 Å². The molecular formula is C18H24FN5O. The molecular weight excluding hydrogens is 321 g/mol. The molecule has 0 radical (unpaired) electrons. The fraction of sp³-hybridized carbons (Fsp3) is 0.500. The minimum absolute atomic E-state index is 0.0121. The number of aryl methyl sites for hydroxylation is 1. The highest BCUT2D eigenvalue weighted by molar-refractivity contribution is 5.78. The van der Waals surface area contributed by atoms with Crippen molar-refractivity contribution < 1.29 is 9.18 Å². The molecule has 1 aliphatic rings. The largest absolute Gasteiger partial charge is 0.351 e. The molecule has 7 heteroatoms. The number of nitrogens with zero attached hydrogens (tertiary/aromatic N) is 4. The molecule has 1 unspecified atom stereocenters. The zero-order valence-corrected chi connectivity index (χ0v) is 14.5. The topological polar surface area (TPSA) is 63.1 Å². The van der Waals surface area contributed by atoms with E-state index in [0.29, 0.717) is 19.0 Å². The zero-order chi connectivity index (χ0) is 17.6. The van der Waals surface area contributed by atoms with Crippen LogP contribution in [0.1, 0.15) is 37.1 Å². The first kappa shape index (κ1) is 17.5. The van der Waals surface area contributed by atoms with Crippen LogP contribution < -0.4 is 5.32 Å². The van der Waals surface area contributed by atoms with Crippen LogP contribution in [0.25, 0.3) is 0 Å². The summed E-state index contributed by atoms with van der Waals surface area (Å²) in [4.78, 5) is 14.4. The lowest BCUT2D eigenvalue weighted by Gasteiger charge is -2.31. The number of piperidine rings is 1. The lowest BCUT2D eigenvalue weighted by molar-refractivity contribution is -0.122.